The van der Waals surface area contributed by atoms with Crippen LogP contribution in [0.25, 0.3) is 10.9 Å². The minimum Gasteiger partial charge on any atom is -0.287 e. The second kappa shape index (κ2) is 21.1. The smallest absolute Gasteiger partial charge is 0.287 e. The van der Waals surface area contributed by atoms with Crippen LogP contribution in [0, 0.1) is 0 Å². The summed E-state index contributed by atoms with van der Waals surface area (Å²) in [6, 6.07) is 10.5. The Bertz CT molecular complexity index is 2930. The highest BCUT2D eigenvalue weighted by Crippen LogP contribution is 2.41. The molecule has 0 saturated heterocycles. The Kier molecular flexibility index (Phi) is 16.5. The highest BCUT2D eigenvalue weighted by molar-refractivity contribution is 9.10. The average Bonchev–Trinajstić information content (AvgIpc) is 3.35. The van der Waals surface area contributed by atoms with Gasteiger partial charge in [0, 0.05) is 38.1 Å². The molecular formula is C49H24BBr2F24NO. The van der Waals surface area contributed by atoms with E-state index in [1.54, 1.807) is 0 Å². The molecule has 416 valence electrons. The van der Waals surface area contributed by atoms with Crippen LogP contribution in [0.5, 0.6) is 0 Å². The first-order valence-electron chi connectivity index (χ1n) is 21.1. The van der Waals surface area contributed by atoms with Crippen LogP contribution in [0.2, 0.25) is 0 Å². The van der Waals surface area contributed by atoms with Crippen LogP contribution in [0.1, 0.15) is 54.9 Å². The second-order valence-corrected chi connectivity index (χ2v) is 18.6. The van der Waals surface area contributed by atoms with Gasteiger partial charge < -0.3 is 0 Å². The Morgan fingerprint density at radius 2 is 0.641 bits per heavy atom. The molecule has 0 radical (unpaired) electrons. The van der Waals surface area contributed by atoms with E-state index in [2.05, 4.69) is 31.9 Å². The zero-order chi connectivity index (χ0) is 58.7. The first-order chi connectivity index (χ1) is 35.4. The van der Waals surface area contributed by atoms with Crippen molar-refractivity contribution in [3.63, 3.8) is 0 Å². The molecule has 0 aliphatic carbocycles. The van der Waals surface area contributed by atoms with Crippen LogP contribution >= 0.6 is 31.9 Å². The number of carbonyl (C=O) groups excluding carboxylic acids is 1. The van der Waals surface area contributed by atoms with E-state index in [4.69, 9.17) is 0 Å². The summed E-state index contributed by atoms with van der Waals surface area (Å²) in [4.78, 5) is 12.4. The fourth-order valence-corrected chi connectivity index (χ4v) is 9.31. The monoisotopic (exact) mass is 1270 g/mol. The van der Waals surface area contributed by atoms with Crippen LogP contribution < -0.4 is 26.4 Å². The third kappa shape index (κ3) is 13.4. The van der Waals surface area contributed by atoms with E-state index < -0.39 is 195 Å². The zero-order valence-electron chi connectivity index (χ0n) is 37.7. The van der Waals surface area contributed by atoms with Gasteiger partial charge in [-0.15, -0.1) is 0 Å². The van der Waals surface area contributed by atoms with E-state index in [-0.39, 0.29) is 5.78 Å². The number of pyridine rings is 1. The number of halogens is 26. The molecule has 7 rings (SSSR count). The van der Waals surface area contributed by atoms with Crippen molar-refractivity contribution in [3.8, 4) is 0 Å². The maximum absolute atomic E-state index is 14.2. The lowest BCUT2D eigenvalue weighted by Crippen LogP contribution is -2.75. The summed E-state index contributed by atoms with van der Waals surface area (Å²) in [6.07, 6.45) is -54.8. The minimum atomic E-state index is -6.13. The standard InChI is InChI=1S/C32H12BF24.C17H12Br2NO/c34-25(35,36)13-1-14(26(37,38)39)6-21(5-13)33(22-7-15(27(40,41)42)2-16(8-22)28(43,44)45,23-9-17(29(46,47)48)3-18(10-23)30(49,50)51)24-11-19(31(52,53)54)4-20(12-24)32(55,56)57;18-14-7-4-8-15-13(14)9-10-17(19)20(15)11-16(21)12-5-2-1-3-6-12/h1-12H;1-10H,11H2/q-1;+1. The molecule has 0 N–H and O–H groups in total. The molecule has 6 aromatic carbocycles. The van der Waals surface area contributed by atoms with E-state index in [1.165, 1.54) is 0 Å². The molecule has 29 heteroatoms. The van der Waals surface area contributed by atoms with E-state index >= 15 is 0 Å². The molecule has 0 aliphatic heterocycles. The van der Waals surface area contributed by atoms with Crippen molar-refractivity contribution < 1.29 is 115 Å². The lowest BCUT2D eigenvalue weighted by Gasteiger charge is -2.46. The third-order valence-electron chi connectivity index (χ3n) is 11.8. The number of aromatic nitrogens is 1. The Hall–Kier alpha value is -6.26. The van der Waals surface area contributed by atoms with Gasteiger partial charge in [-0.25, -0.2) is 0 Å². The normalized spacial score (nSPS) is 13.4. The lowest BCUT2D eigenvalue weighted by atomic mass is 9.12. The number of alkyl halides is 24. The van der Waals surface area contributed by atoms with Gasteiger partial charge in [-0.05, 0) is 52.3 Å². The topological polar surface area (TPSA) is 20.9 Å². The van der Waals surface area contributed by atoms with Gasteiger partial charge in [0.15, 0.2) is 0 Å². The number of Topliss-reactive ketones (excluding diaryl/α,β-unsaturated/α-hetero) is 1. The third-order valence-corrected chi connectivity index (χ3v) is 13.2. The van der Waals surface area contributed by atoms with Crippen molar-refractivity contribution in [2.45, 2.75) is 56.0 Å². The summed E-state index contributed by atoms with van der Waals surface area (Å²) < 4.78 is 345. The summed E-state index contributed by atoms with van der Waals surface area (Å²) in [5.74, 6) is 0.0915. The molecule has 78 heavy (non-hydrogen) atoms. The molecule has 0 atom stereocenters. The first-order valence-corrected chi connectivity index (χ1v) is 22.7. The fraction of sp³-hybridized carbons (Fsp3) is 0.184. The van der Waals surface area contributed by atoms with Crippen LogP contribution in [-0.4, -0.2) is 11.9 Å². The Morgan fingerprint density at radius 1 is 0.359 bits per heavy atom. The van der Waals surface area contributed by atoms with Gasteiger partial charge >= 0.3 is 49.4 Å². The van der Waals surface area contributed by atoms with Crippen LogP contribution in [0.3, 0.4) is 0 Å². The SMILES string of the molecule is FC(F)(F)c1cc([B-](c2cc(C(F)(F)F)cc(C(F)(F)F)c2)(c2cc(C(F)(F)F)cc(C(F)(F)F)c2)c2cc(C(F)(F)F)cc(C(F)(F)F)c2)cc(C(F)(F)F)c1.O=C(C[n+]1c(Br)ccc2c(Br)cccc21)c1ccccc1. The summed E-state index contributed by atoms with van der Waals surface area (Å²) in [7, 11) is 0. The maximum Gasteiger partial charge on any atom is 0.416 e. The molecule has 0 fully saturated rings. The molecular weight excluding hydrogens is 1250 g/mol. The van der Waals surface area contributed by atoms with E-state index in [0.29, 0.717) is 6.54 Å². The predicted molar refractivity (Wildman–Crippen MR) is 240 cm³/mol. The van der Waals surface area contributed by atoms with E-state index in [1.807, 2.05) is 65.2 Å². The summed E-state index contributed by atoms with van der Waals surface area (Å²) in [6.45, 7) is 0.304. The number of nitrogens with zero attached hydrogens (tertiary/aromatic N) is 1. The van der Waals surface area contributed by atoms with E-state index in [0.717, 1.165) is 25.5 Å². The maximum atomic E-state index is 14.2. The quantitative estimate of drug-likeness (QED) is 0.0512. The number of ketones is 1. The number of hydrogen-bond donors (Lipinski definition) is 0. The van der Waals surface area contributed by atoms with Gasteiger partial charge in [-0.2, -0.15) is 132 Å². The van der Waals surface area contributed by atoms with Crippen molar-refractivity contribution in [1.82, 2.24) is 0 Å². The Morgan fingerprint density at radius 3 is 0.910 bits per heavy atom. The fourth-order valence-electron chi connectivity index (χ4n) is 8.37. The molecule has 0 saturated carbocycles. The van der Waals surface area contributed by atoms with Gasteiger partial charge in [0.2, 0.25) is 22.4 Å². The largest absolute Gasteiger partial charge is 0.416 e. The van der Waals surface area contributed by atoms with Crippen LogP contribution in [0.4, 0.5) is 105 Å². The highest BCUT2D eigenvalue weighted by atomic mass is 79.9. The minimum absolute atomic E-state index is 0.0915. The summed E-state index contributed by atoms with van der Waals surface area (Å²) in [5, 5.41) is 1.08. The van der Waals surface area contributed by atoms with Crippen molar-refractivity contribution >= 4 is 76.5 Å². The molecule has 1 heterocycles. The molecule has 0 unspecified atom stereocenters. The summed E-state index contributed by atoms with van der Waals surface area (Å²) in [5.41, 5.74) is -28.5. The molecule has 0 bridgehead atoms. The molecule has 0 amide bonds. The molecule has 2 nitrogen and oxygen atoms in total. The first kappa shape index (κ1) is 61.0. The lowest BCUT2D eigenvalue weighted by molar-refractivity contribution is -0.668. The van der Waals surface area contributed by atoms with Gasteiger partial charge in [0.25, 0.3) is 0 Å². The van der Waals surface area contributed by atoms with Crippen LogP contribution in [0.15, 0.2) is 143 Å². The number of carbonyl (C=O) groups is 1. The van der Waals surface area contributed by atoms with Gasteiger partial charge in [-0.1, -0.05) is 84.9 Å². The number of fused-ring (bicyclic) bond motifs is 1. The summed E-state index contributed by atoms with van der Waals surface area (Å²) >= 11 is 7.09. The number of rotatable bonds is 7. The number of benzene rings is 6. The molecule has 0 aliphatic rings. The highest BCUT2D eigenvalue weighted by Gasteiger charge is 2.47. The Balaban J connectivity index is 0.000000387. The van der Waals surface area contributed by atoms with Gasteiger partial charge in [-0.3, -0.25) is 4.79 Å². The van der Waals surface area contributed by atoms with Gasteiger partial charge in [0.1, 0.15) is 6.15 Å². The Labute approximate surface area is 438 Å². The van der Waals surface area contributed by atoms with Crippen molar-refractivity contribution in [1.29, 1.82) is 0 Å². The van der Waals surface area contributed by atoms with E-state index in [9.17, 15) is 110 Å². The van der Waals surface area contributed by atoms with Crippen molar-refractivity contribution in [3.05, 3.63) is 193 Å². The molecule has 1 aromatic heterocycles. The number of hydrogen-bond acceptors (Lipinski definition) is 1. The predicted octanol–water partition coefficient (Wildman–Crippen LogP) is 15.7. The van der Waals surface area contributed by atoms with Crippen LogP contribution in [-0.2, 0) is 56.0 Å². The van der Waals surface area contributed by atoms with Gasteiger partial charge in [0.05, 0.1) is 49.9 Å². The van der Waals surface area contributed by atoms with Crippen molar-refractivity contribution in [2.24, 2.45) is 0 Å². The second-order valence-electron chi connectivity index (χ2n) is 16.9. The van der Waals surface area contributed by atoms with Crippen molar-refractivity contribution in [2.75, 3.05) is 0 Å². The zero-order valence-corrected chi connectivity index (χ0v) is 40.8. The molecule has 0 spiro atoms. The molecule has 7 aromatic rings. The average molecular weight is 1270 g/mol.